The van der Waals surface area contributed by atoms with Crippen molar-refractivity contribution in [3.63, 3.8) is 0 Å². The number of hydrogen-bond acceptors (Lipinski definition) is 5. The maximum atomic E-state index is 11.2. The van der Waals surface area contributed by atoms with Crippen LogP contribution in [0.15, 0.2) is 41.8 Å². The summed E-state index contributed by atoms with van der Waals surface area (Å²) in [5.41, 5.74) is 1.35. The van der Waals surface area contributed by atoms with E-state index in [1.165, 1.54) is 18.1 Å². The molecule has 98 valence electrons. The summed E-state index contributed by atoms with van der Waals surface area (Å²) in [5, 5.41) is 9.19. The van der Waals surface area contributed by atoms with Gasteiger partial charge in [0, 0.05) is 12.4 Å². The average Bonchev–Trinajstić information content (AvgIpc) is 2.40. The summed E-state index contributed by atoms with van der Waals surface area (Å²) in [6.07, 6.45) is 4.72. The van der Waals surface area contributed by atoms with Crippen LogP contribution in [0, 0.1) is 0 Å². The van der Waals surface area contributed by atoms with E-state index in [9.17, 15) is 9.90 Å². The molecule has 6 heteroatoms. The highest BCUT2D eigenvalue weighted by atomic mass is 32.2. The Hall–Kier alpha value is -1.95. The Morgan fingerprint density at radius 3 is 2.74 bits per heavy atom. The Morgan fingerprint density at radius 1 is 1.32 bits per heavy atom. The molecule has 0 unspecified atom stereocenters. The summed E-state index contributed by atoms with van der Waals surface area (Å²) < 4.78 is -0.950. The normalized spacial score (nSPS) is 11.3. The van der Waals surface area contributed by atoms with Gasteiger partial charge < -0.3 is 5.11 Å². The summed E-state index contributed by atoms with van der Waals surface area (Å²) in [6.45, 7) is 3.30. The maximum Gasteiger partial charge on any atom is 0.319 e. The van der Waals surface area contributed by atoms with Crippen molar-refractivity contribution >= 4 is 17.7 Å². The first-order valence-electron chi connectivity index (χ1n) is 5.64. The van der Waals surface area contributed by atoms with Gasteiger partial charge in [0.1, 0.15) is 16.8 Å². The molecule has 0 aliphatic carbocycles. The van der Waals surface area contributed by atoms with Gasteiger partial charge in [-0.2, -0.15) is 0 Å². The second-order valence-electron chi connectivity index (χ2n) is 4.37. The number of thioether (sulfide) groups is 1. The Labute approximate surface area is 115 Å². The second kappa shape index (κ2) is 5.36. The Kier molecular flexibility index (Phi) is 3.80. The first-order chi connectivity index (χ1) is 9.00. The van der Waals surface area contributed by atoms with Crippen molar-refractivity contribution in [1.82, 2.24) is 15.0 Å². The van der Waals surface area contributed by atoms with Gasteiger partial charge in [-0.1, -0.05) is 6.07 Å². The summed E-state index contributed by atoms with van der Waals surface area (Å²) in [4.78, 5) is 24.3. The lowest BCUT2D eigenvalue weighted by Gasteiger charge is -2.19. The topological polar surface area (TPSA) is 76.0 Å². The Balaban J connectivity index is 2.40. The molecule has 2 rings (SSSR count). The highest BCUT2D eigenvalue weighted by Gasteiger charge is 2.30. The van der Waals surface area contributed by atoms with E-state index in [-0.39, 0.29) is 0 Å². The predicted octanol–water partition coefficient (Wildman–Crippen LogP) is 2.49. The second-order valence-corrected chi connectivity index (χ2v) is 6.03. The van der Waals surface area contributed by atoms with Crippen molar-refractivity contribution in [2.75, 3.05) is 0 Å². The Morgan fingerprint density at radius 2 is 2.11 bits per heavy atom. The molecule has 0 aliphatic heterocycles. The van der Waals surface area contributed by atoms with Crippen molar-refractivity contribution in [2.45, 2.75) is 23.5 Å². The fraction of sp³-hybridized carbons (Fsp3) is 0.231. The van der Waals surface area contributed by atoms with Crippen LogP contribution in [0.25, 0.3) is 11.4 Å². The number of rotatable bonds is 4. The molecule has 19 heavy (non-hydrogen) atoms. The van der Waals surface area contributed by atoms with E-state index in [1.807, 2.05) is 18.2 Å². The molecule has 2 aromatic rings. The van der Waals surface area contributed by atoms with E-state index in [0.717, 1.165) is 0 Å². The molecule has 2 aromatic heterocycles. The van der Waals surface area contributed by atoms with Gasteiger partial charge in [0.05, 0.1) is 10.6 Å². The predicted molar refractivity (Wildman–Crippen MR) is 72.8 cm³/mol. The van der Waals surface area contributed by atoms with Gasteiger partial charge in [-0.15, -0.1) is 11.8 Å². The van der Waals surface area contributed by atoms with Crippen LogP contribution in [0.1, 0.15) is 13.8 Å². The van der Waals surface area contributed by atoms with Crippen LogP contribution in [-0.2, 0) is 4.79 Å². The van der Waals surface area contributed by atoms with E-state index in [1.54, 1.807) is 26.2 Å². The van der Waals surface area contributed by atoms with Gasteiger partial charge in [-0.25, -0.2) is 9.97 Å². The average molecular weight is 275 g/mol. The summed E-state index contributed by atoms with van der Waals surface area (Å²) in [5.74, 6) is -0.881. The van der Waals surface area contributed by atoms with Crippen molar-refractivity contribution < 1.29 is 9.90 Å². The molecule has 0 aliphatic rings. The van der Waals surface area contributed by atoms with Crippen LogP contribution in [0.2, 0.25) is 0 Å². The first kappa shape index (κ1) is 13.5. The zero-order valence-electron chi connectivity index (χ0n) is 10.6. The molecule has 0 aromatic carbocycles. The van der Waals surface area contributed by atoms with Crippen LogP contribution in [-0.4, -0.2) is 30.8 Å². The fourth-order valence-electron chi connectivity index (χ4n) is 1.41. The first-order valence-corrected chi connectivity index (χ1v) is 6.46. The number of carboxylic acids is 1. The molecule has 5 nitrogen and oxygen atoms in total. The quantitative estimate of drug-likeness (QED) is 0.864. The minimum atomic E-state index is -0.950. The number of carbonyl (C=O) groups is 1. The van der Waals surface area contributed by atoms with Gasteiger partial charge in [0.15, 0.2) is 0 Å². The van der Waals surface area contributed by atoms with Gasteiger partial charge in [0.2, 0.25) is 0 Å². The summed E-state index contributed by atoms with van der Waals surface area (Å²) >= 11 is 1.21. The van der Waals surface area contributed by atoms with Gasteiger partial charge in [-0.05, 0) is 26.0 Å². The molecular formula is C13H13N3O2S. The largest absolute Gasteiger partial charge is 0.480 e. The standard InChI is InChI=1S/C13H13N3O2S/c1-13(2,12(17)18)19-10-7-14-8-16-11(10)9-5-3-4-6-15-9/h3-8H,1-2H3,(H,17,18). The minimum Gasteiger partial charge on any atom is -0.480 e. The van der Waals surface area contributed by atoms with E-state index >= 15 is 0 Å². The van der Waals surface area contributed by atoms with Gasteiger partial charge in [-0.3, -0.25) is 9.78 Å². The lowest BCUT2D eigenvalue weighted by molar-refractivity contribution is -0.138. The van der Waals surface area contributed by atoms with Crippen molar-refractivity contribution in [1.29, 1.82) is 0 Å². The molecule has 0 saturated heterocycles. The van der Waals surface area contributed by atoms with Crippen LogP contribution in [0.4, 0.5) is 0 Å². The van der Waals surface area contributed by atoms with E-state index in [0.29, 0.717) is 16.3 Å². The van der Waals surface area contributed by atoms with Gasteiger partial charge >= 0.3 is 5.97 Å². The number of carboxylic acid groups (broad SMARTS) is 1. The molecule has 1 N–H and O–H groups in total. The molecule has 0 atom stereocenters. The monoisotopic (exact) mass is 275 g/mol. The minimum absolute atomic E-state index is 0.648. The van der Waals surface area contributed by atoms with Crippen molar-refractivity contribution in [3.8, 4) is 11.4 Å². The fourth-order valence-corrected chi connectivity index (χ4v) is 2.41. The van der Waals surface area contributed by atoms with Crippen LogP contribution >= 0.6 is 11.8 Å². The molecule has 0 radical (unpaired) electrons. The number of hydrogen-bond donors (Lipinski definition) is 1. The third kappa shape index (κ3) is 3.08. The number of nitrogens with zero attached hydrogens (tertiary/aromatic N) is 3. The highest BCUT2D eigenvalue weighted by molar-refractivity contribution is 8.01. The third-order valence-corrected chi connectivity index (χ3v) is 3.67. The lowest BCUT2D eigenvalue weighted by Crippen LogP contribution is -2.27. The zero-order chi connectivity index (χ0) is 13.9. The molecular weight excluding hydrogens is 262 g/mol. The van der Waals surface area contributed by atoms with E-state index < -0.39 is 10.7 Å². The zero-order valence-corrected chi connectivity index (χ0v) is 11.4. The number of aliphatic carboxylic acids is 1. The summed E-state index contributed by atoms with van der Waals surface area (Å²) in [6, 6.07) is 5.51. The smallest absolute Gasteiger partial charge is 0.319 e. The maximum absolute atomic E-state index is 11.2. The lowest BCUT2D eigenvalue weighted by atomic mass is 10.2. The molecule has 2 heterocycles. The van der Waals surface area contributed by atoms with E-state index in [4.69, 9.17) is 0 Å². The number of aromatic nitrogens is 3. The molecule has 0 amide bonds. The van der Waals surface area contributed by atoms with Crippen molar-refractivity contribution in [3.05, 3.63) is 36.9 Å². The number of pyridine rings is 1. The SMILES string of the molecule is CC(C)(Sc1cncnc1-c1ccccn1)C(=O)O. The van der Waals surface area contributed by atoms with Gasteiger partial charge in [0.25, 0.3) is 0 Å². The molecule has 0 bridgehead atoms. The Bertz CT molecular complexity index is 587. The van der Waals surface area contributed by atoms with Crippen molar-refractivity contribution in [2.24, 2.45) is 0 Å². The van der Waals surface area contributed by atoms with Crippen LogP contribution in [0.5, 0.6) is 0 Å². The van der Waals surface area contributed by atoms with Crippen LogP contribution < -0.4 is 0 Å². The highest BCUT2D eigenvalue weighted by Crippen LogP contribution is 2.36. The molecule has 0 fully saturated rings. The van der Waals surface area contributed by atoms with E-state index in [2.05, 4.69) is 15.0 Å². The summed E-state index contributed by atoms with van der Waals surface area (Å²) in [7, 11) is 0. The third-order valence-electron chi connectivity index (χ3n) is 2.47. The van der Waals surface area contributed by atoms with Crippen LogP contribution in [0.3, 0.4) is 0 Å². The molecule has 0 saturated carbocycles. The molecule has 0 spiro atoms.